The second-order valence-electron chi connectivity index (χ2n) is 5.77. The Bertz CT molecular complexity index is 674. The Labute approximate surface area is 144 Å². The second-order valence-corrected chi connectivity index (χ2v) is 6.69. The average molecular weight is 407 g/mol. The number of benzene rings is 1. The fraction of sp³-hybridized carbons (Fsp3) is 0.467. The summed E-state index contributed by atoms with van der Waals surface area (Å²) in [7, 11) is 0. The minimum Gasteiger partial charge on any atom is -0.381 e. The van der Waals surface area contributed by atoms with Crippen molar-refractivity contribution in [3.05, 3.63) is 28.2 Å². The minimum absolute atomic E-state index is 0.113. The molecule has 2 aliphatic heterocycles. The lowest BCUT2D eigenvalue weighted by Gasteiger charge is -2.25. The highest BCUT2D eigenvalue weighted by Gasteiger charge is 2.44. The van der Waals surface area contributed by atoms with Crippen LogP contribution in [0.5, 0.6) is 0 Å². The number of halogens is 4. The molecule has 3 amide bonds. The van der Waals surface area contributed by atoms with E-state index >= 15 is 0 Å². The van der Waals surface area contributed by atoms with Crippen LogP contribution in [0, 0.1) is 5.92 Å². The molecule has 2 unspecified atom stereocenters. The van der Waals surface area contributed by atoms with Gasteiger partial charge in [0.25, 0.3) is 5.91 Å². The van der Waals surface area contributed by atoms with Gasteiger partial charge in [0.05, 0.1) is 17.9 Å². The van der Waals surface area contributed by atoms with Gasteiger partial charge in [-0.25, -0.2) is 9.69 Å². The molecule has 1 N–H and O–H groups in total. The second kappa shape index (κ2) is 6.36. The number of alkyl halides is 3. The highest BCUT2D eigenvalue weighted by Crippen LogP contribution is 2.36. The quantitative estimate of drug-likeness (QED) is 0.766. The molecule has 1 aromatic carbocycles. The van der Waals surface area contributed by atoms with Crippen LogP contribution in [0.2, 0.25) is 0 Å². The van der Waals surface area contributed by atoms with Crippen molar-refractivity contribution in [2.45, 2.75) is 25.1 Å². The van der Waals surface area contributed by atoms with Gasteiger partial charge in [-0.1, -0.05) is 15.9 Å². The molecule has 1 aromatic rings. The third kappa shape index (κ3) is 3.27. The summed E-state index contributed by atoms with van der Waals surface area (Å²) < 4.78 is 44.3. The van der Waals surface area contributed by atoms with Crippen LogP contribution < -0.4 is 10.2 Å². The number of nitrogens with one attached hydrogen (secondary N) is 1. The van der Waals surface area contributed by atoms with Crippen LogP contribution in [0.4, 0.5) is 23.7 Å². The number of hydrogen-bond donors (Lipinski definition) is 1. The standard InChI is InChI=1S/C15H14BrF3N2O3/c16-10-4-9(15(17,18)19)5-11(6-10)21-13(22)12(20-14(21)23)8-2-1-3-24-7-8/h4-6,8,12H,1-3,7H2,(H,20,23). The summed E-state index contributed by atoms with van der Waals surface area (Å²) in [5, 5.41) is 2.56. The Balaban J connectivity index is 1.90. The van der Waals surface area contributed by atoms with Crippen LogP contribution in [0.3, 0.4) is 0 Å². The first-order chi connectivity index (χ1) is 11.3. The van der Waals surface area contributed by atoms with Crippen molar-refractivity contribution in [2.75, 3.05) is 18.1 Å². The summed E-state index contributed by atoms with van der Waals surface area (Å²) in [6.45, 7) is 0.951. The van der Waals surface area contributed by atoms with Gasteiger partial charge in [0.15, 0.2) is 0 Å². The summed E-state index contributed by atoms with van der Waals surface area (Å²) >= 11 is 2.99. The Hall–Kier alpha value is -1.61. The molecule has 0 bridgehead atoms. The summed E-state index contributed by atoms with van der Waals surface area (Å²) in [4.78, 5) is 25.5. The summed E-state index contributed by atoms with van der Waals surface area (Å²) in [5.74, 6) is -0.726. The third-order valence-electron chi connectivity index (χ3n) is 4.10. The number of nitrogens with zero attached hydrogens (tertiary/aromatic N) is 1. The molecule has 24 heavy (non-hydrogen) atoms. The third-order valence-corrected chi connectivity index (χ3v) is 4.56. The molecule has 2 saturated heterocycles. The van der Waals surface area contributed by atoms with Crippen LogP contribution in [0.1, 0.15) is 18.4 Å². The van der Waals surface area contributed by atoms with Crippen molar-refractivity contribution in [3.8, 4) is 0 Å². The lowest BCUT2D eigenvalue weighted by molar-refractivity contribution is -0.137. The molecule has 9 heteroatoms. The average Bonchev–Trinajstić information content (AvgIpc) is 2.81. The minimum atomic E-state index is -4.58. The van der Waals surface area contributed by atoms with Crippen molar-refractivity contribution in [3.63, 3.8) is 0 Å². The predicted octanol–water partition coefficient (Wildman–Crippen LogP) is 3.32. The molecule has 2 atom stereocenters. The smallest absolute Gasteiger partial charge is 0.381 e. The highest BCUT2D eigenvalue weighted by molar-refractivity contribution is 9.10. The number of rotatable bonds is 2. The van der Waals surface area contributed by atoms with Crippen molar-refractivity contribution < 1.29 is 27.5 Å². The van der Waals surface area contributed by atoms with Gasteiger partial charge >= 0.3 is 12.2 Å². The lowest BCUT2D eigenvalue weighted by Crippen LogP contribution is -2.41. The van der Waals surface area contributed by atoms with E-state index in [4.69, 9.17) is 4.74 Å². The molecule has 0 saturated carbocycles. The maximum Gasteiger partial charge on any atom is 0.416 e. The molecule has 0 aromatic heterocycles. The number of anilines is 1. The molecule has 2 fully saturated rings. The van der Waals surface area contributed by atoms with E-state index in [0.717, 1.165) is 29.9 Å². The zero-order valence-electron chi connectivity index (χ0n) is 12.4. The molecule has 0 aliphatic carbocycles. The number of carbonyl (C=O) groups is 2. The number of imide groups is 1. The zero-order chi connectivity index (χ0) is 17.5. The van der Waals surface area contributed by atoms with Crippen molar-refractivity contribution in [1.82, 2.24) is 5.32 Å². The Morgan fingerprint density at radius 2 is 2.00 bits per heavy atom. The first-order valence-electron chi connectivity index (χ1n) is 7.37. The van der Waals surface area contributed by atoms with Gasteiger partial charge in [-0.05, 0) is 31.0 Å². The van der Waals surface area contributed by atoms with Gasteiger partial charge in [0.1, 0.15) is 6.04 Å². The van der Waals surface area contributed by atoms with E-state index in [1.54, 1.807) is 0 Å². The summed E-state index contributed by atoms with van der Waals surface area (Å²) in [6.07, 6.45) is -3.08. The number of urea groups is 1. The maximum atomic E-state index is 13.0. The van der Waals surface area contributed by atoms with E-state index in [-0.39, 0.29) is 16.1 Å². The zero-order valence-corrected chi connectivity index (χ0v) is 14.0. The van der Waals surface area contributed by atoms with Crippen molar-refractivity contribution in [2.24, 2.45) is 5.92 Å². The lowest BCUT2D eigenvalue weighted by atomic mass is 9.93. The maximum absolute atomic E-state index is 13.0. The van der Waals surface area contributed by atoms with Gasteiger partial charge in [-0.2, -0.15) is 13.2 Å². The number of ether oxygens (including phenoxy) is 1. The Morgan fingerprint density at radius 1 is 1.25 bits per heavy atom. The van der Waals surface area contributed by atoms with E-state index in [2.05, 4.69) is 21.2 Å². The van der Waals surface area contributed by atoms with Crippen LogP contribution in [0.25, 0.3) is 0 Å². The number of hydrogen-bond acceptors (Lipinski definition) is 3. The molecule has 2 heterocycles. The Kier molecular flexibility index (Phi) is 4.56. The topological polar surface area (TPSA) is 58.6 Å². The largest absolute Gasteiger partial charge is 0.416 e. The van der Waals surface area contributed by atoms with E-state index in [1.165, 1.54) is 6.07 Å². The van der Waals surface area contributed by atoms with Crippen LogP contribution >= 0.6 is 15.9 Å². The van der Waals surface area contributed by atoms with E-state index in [1.807, 2.05) is 0 Å². The Morgan fingerprint density at radius 3 is 2.62 bits per heavy atom. The predicted molar refractivity (Wildman–Crippen MR) is 82.5 cm³/mol. The molecule has 5 nitrogen and oxygen atoms in total. The van der Waals surface area contributed by atoms with E-state index < -0.39 is 29.7 Å². The normalized spacial score (nSPS) is 25.1. The summed E-state index contributed by atoms with van der Waals surface area (Å²) in [5.41, 5.74) is -1.05. The van der Waals surface area contributed by atoms with Gasteiger partial charge < -0.3 is 10.1 Å². The van der Waals surface area contributed by atoms with Gasteiger partial charge in [0, 0.05) is 17.0 Å². The molecule has 130 valence electrons. The highest BCUT2D eigenvalue weighted by atomic mass is 79.9. The number of carbonyl (C=O) groups excluding carboxylic acids is 2. The molecular weight excluding hydrogens is 393 g/mol. The monoisotopic (exact) mass is 406 g/mol. The van der Waals surface area contributed by atoms with Crippen LogP contribution in [-0.2, 0) is 15.7 Å². The van der Waals surface area contributed by atoms with Gasteiger partial charge in [0.2, 0.25) is 0 Å². The first kappa shape index (κ1) is 17.2. The molecule has 0 spiro atoms. The van der Waals surface area contributed by atoms with E-state index in [9.17, 15) is 22.8 Å². The fourth-order valence-electron chi connectivity index (χ4n) is 2.96. The van der Waals surface area contributed by atoms with Crippen LogP contribution in [-0.4, -0.2) is 31.2 Å². The molecule has 2 aliphatic rings. The molecule has 0 radical (unpaired) electrons. The number of amides is 3. The molecule has 3 rings (SSSR count). The SMILES string of the molecule is O=C1NC(C2CCCOC2)C(=O)N1c1cc(Br)cc(C(F)(F)F)c1. The first-order valence-corrected chi connectivity index (χ1v) is 8.16. The van der Waals surface area contributed by atoms with Crippen molar-refractivity contribution in [1.29, 1.82) is 0 Å². The van der Waals surface area contributed by atoms with Gasteiger partial charge in [-0.15, -0.1) is 0 Å². The van der Waals surface area contributed by atoms with E-state index in [0.29, 0.717) is 13.2 Å². The van der Waals surface area contributed by atoms with Crippen LogP contribution in [0.15, 0.2) is 22.7 Å². The van der Waals surface area contributed by atoms with Gasteiger partial charge in [-0.3, -0.25) is 4.79 Å². The fourth-order valence-corrected chi connectivity index (χ4v) is 3.44. The van der Waals surface area contributed by atoms with Crippen molar-refractivity contribution >= 4 is 33.6 Å². The summed E-state index contributed by atoms with van der Waals surface area (Å²) in [6, 6.07) is 1.51. The molecular formula is C15H14BrF3N2O3.